The maximum Gasteiger partial charge on any atom is 0.249 e. The summed E-state index contributed by atoms with van der Waals surface area (Å²) in [6.45, 7) is 11.1. The maximum absolute atomic E-state index is 14.7. The molecule has 0 bridgehead atoms. The molecule has 0 saturated carbocycles. The van der Waals surface area contributed by atoms with Crippen LogP contribution in [-0.4, -0.2) is 127 Å². The van der Waals surface area contributed by atoms with Crippen LogP contribution in [0.5, 0.6) is 5.75 Å². The molecule has 1 N–H and O–H groups in total. The summed E-state index contributed by atoms with van der Waals surface area (Å²) < 4.78 is 17.9. The molecule has 1 spiro atoms. The van der Waals surface area contributed by atoms with Crippen LogP contribution in [0.25, 0.3) is 0 Å². The molecule has 1 aromatic carbocycles. The molecule has 1 aromatic rings. The Kier molecular flexibility index (Phi) is 9.33. The Balaban J connectivity index is 1.35. The molecule has 5 aliphatic rings. The zero-order chi connectivity index (χ0) is 31.7. The van der Waals surface area contributed by atoms with E-state index >= 15 is 0 Å². The zero-order valence-corrected chi connectivity index (χ0v) is 26.5. The Morgan fingerprint density at radius 1 is 1.00 bits per heavy atom. The first-order chi connectivity index (χ1) is 21.8. The average molecular weight is 623 g/mol. The van der Waals surface area contributed by atoms with Gasteiger partial charge in [0.2, 0.25) is 17.7 Å². The molecule has 3 amide bonds. The van der Waals surface area contributed by atoms with Crippen LogP contribution in [0.1, 0.15) is 27.2 Å². The van der Waals surface area contributed by atoms with Crippen molar-refractivity contribution in [3.8, 4) is 5.75 Å². The Bertz CT molecular complexity index is 1310. The van der Waals surface area contributed by atoms with E-state index in [2.05, 4.69) is 4.90 Å². The van der Waals surface area contributed by atoms with E-state index in [-0.39, 0.29) is 30.2 Å². The summed E-state index contributed by atoms with van der Waals surface area (Å²) in [5.74, 6) is -1.59. The van der Waals surface area contributed by atoms with E-state index in [0.717, 1.165) is 13.1 Å². The summed E-state index contributed by atoms with van der Waals surface area (Å²) in [4.78, 5) is 51.0. The molecule has 3 saturated heterocycles. The van der Waals surface area contributed by atoms with Crippen molar-refractivity contribution in [3.63, 3.8) is 0 Å². The molecule has 0 aromatic heterocycles. The largest absolute Gasteiger partial charge is 0.494 e. The second-order valence-electron chi connectivity index (χ2n) is 13.0. The van der Waals surface area contributed by atoms with E-state index in [9.17, 15) is 19.5 Å². The maximum atomic E-state index is 14.7. The van der Waals surface area contributed by atoms with Gasteiger partial charge in [-0.05, 0) is 43.5 Å². The van der Waals surface area contributed by atoms with Gasteiger partial charge in [0.05, 0.1) is 50.4 Å². The summed E-state index contributed by atoms with van der Waals surface area (Å²) in [6.07, 6.45) is 7.41. The molecule has 11 nitrogen and oxygen atoms in total. The van der Waals surface area contributed by atoms with Crippen molar-refractivity contribution >= 4 is 23.4 Å². The SMILES string of the molecule is CCOc1ccc(N2CC=C[C@@H]3O[C@]45C=CCN(CCN6CCOCC6)C(=O)C4N([C@@H](CO)CC(C)C)C(=O)[C@@H]5[C@@H]3C2=O)cc1. The number of hydrogen-bond acceptors (Lipinski definition) is 8. The summed E-state index contributed by atoms with van der Waals surface area (Å²) in [7, 11) is 0. The molecule has 11 heteroatoms. The molecule has 5 heterocycles. The lowest BCUT2D eigenvalue weighted by atomic mass is 9.77. The molecular formula is C34H46N4O7. The second-order valence-corrected chi connectivity index (χ2v) is 13.0. The molecule has 0 aliphatic carbocycles. The van der Waals surface area contributed by atoms with Crippen LogP contribution in [-0.2, 0) is 23.9 Å². The molecule has 45 heavy (non-hydrogen) atoms. The minimum absolute atomic E-state index is 0.173. The van der Waals surface area contributed by atoms with Crippen LogP contribution in [0.3, 0.4) is 0 Å². The van der Waals surface area contributed by atoms with E-state index in [1.54, 1.807) is 14.7 Å². The number of rotatable bonds is 10. The average Bonchev–Trinajstić information content (AvgIpc) is 3.36. The van der Waals surface area contributed by atoms with E-state index in [4.69, 9.17) is 14.2 Å². The highest BCUT2D eigenvalue weighted by Crippen LogP contribution is 2.54. The van der Waals surface area contributed by atoms with E-state index < -0.39 is 35.6 Å². The lowest BCUT2D eigenvalue weighted by Gasteiger charge is -2.39. The Labute approximate surface area is 265 Å². The number of nitrogens with zero attached hydrogens (tertiary/aromatic N) is 4. The van der Waals surface area contributed by atoms with E-state index in [1.165, 1.54) is 0 Å². The number of ether oxygens (including phenoxy) is 3. The van der Waals surface area contributed by atoms with Crippen LogP contribution in [0.4, 0.5) is 5.69 Å². The van der Waals surface area contributed by atoms with Crippen molar-refractivity contribution in [2.75, 3.05) is 70.6 Å². The third-order valence-corrected chi connectivity index (χ3v) is 9.78. The Hall–Kier alpha value is -3.25. The van der Waals surface area contributed by atoms with Crippen LogP contribution in [0.2, 0.25) is 0 Å². The molecule has 5 aliphatic heterocycles. The van der Waals surface area contributed by atoms with E-state index in [1.807, 2.05) is 69.3 Å². The summed E-state index contributed by atoms with van der Waals surface area (Å²) >= 11 is 0. The highest BCUT2D eigenvalue weighted by atomic mass is 16.5. The standard InChI is InChI=1S/C34H46N4O7/c1-4-44-26-10-8-24(9-11-26)37-14-5-7-27-28(31(37)40)29-32(41)38(25(22-39)21-23(2)3)30-33(42)36(13-6-12-34(29,30)45-27)16-15-35-17-19-43-20-18-35/h5-12,23,25,27-30,39H,4,13-22H2,1-3H3/t25-,27+,28-,29+,30?,34+/m1/s1. The first-order valence-corrected chi connectivity index (χ1v) is 16.4. The van der Waals surface area contributed by atoms with Crippen LogP contribution >= 0.6 is 0 Å². The Morgan fingerprint density at radius 3 is 2.44 bits per heavy atom. The number of fused-ring (bicyclic) bond motifs is 2. The number of likely N-dealkylation sites (tertiary alicyclic amines) is 1. The van der Waals surface area contributed by atoms with Gasteiger partial charge in [-0.3, -0.25) is 19.3 Å². The summed E-state index contributed by atoms with van der Waals surface area (Å²) in [5, 5.41) is 10.6. The number of benzene rings is 1. The number of morpholine rings is 1. The molecule has 244 valence electrons. The number of carbonyl (C=O) groups excluding carboxylic acids is 3. The number of carbonyl (C=O) groups is 3. The fourth-order valence-corrected chi connectivity index (χ4v) is 7.75. The molecule has 3 fully saturated rings. The van der Waals surface area contributed by atoms with Gasteiger partial charge in [0, 0.05) is 45.0 Å². The zero-order valence-electron chi connectivity index (χ0n) is 26.5. The lowest BCUT2D eigenvalue weighted by molar-refractivity contribution is -0.150. The first-order valence-electron chi connectivity index (χ1n) is 16.4. The van der Waals surface area contributed by atoms with Gasteiger partial charge in [-0.1, -0.05) is 38.2 Å². The first kappa shape index (κ1) is 31.7. The predicted molar refractivity (Wildman–Crippen MR) is 168 cm³/mol. The number of aliphatic hydroxyl groups excluding tert-OH is 1. The van der Waals surface area contributed by atoms with Gasteiger partial charge in [-0.2, -0.15) is 0 Å². The quantitative estimate of drug-likeness (QED) is 0.393. The normalized spacial score (nSPS) is 30.8. The van der Waals surface area contributed by atoms with Crippen molar-refractivity contribution in [1.82, 2.24) is 14.7 Å². The van der Waals surface area contributed by atoms with Crippen LogP contribution < -0.4 is 9.64 Å². The van der Waals surface area contributed by atoms with Crippen molar-refractivity contribution in [3.05, 3.63) is 48.6 Å². The fraction of sp³-hybridized carbons (Fsp3) is 0.618. The van der Waals surface area contributed by atoms with Crippen molar-refractivity contribution < 1.29 is 33.7 Å². The molecular weight excluding hydrogens is 576 g/mol. The van der Waals surface area contributed by atoms with Gasteiger partial charge >= 0.3 is 0 Å². The number of anilines is 1. The molecule has 6 atom stereocenters. The van der Waals surface area contributed by atoms with Crippen molar-refractivity contribution in [1.29, 1.82) is 0 Å². The highest BCUT2D eigenvalue weighted by molar-refractivity contribution is 6.04. The lowest BCUT2D eigenvalue weighted by Crippen LogP contribution is -2.59. The predicted octanol–water partition coefficient (Wildman–Crippen LogP) is 1.71. The van der Waals surface area contributed by atoms with E-state index in [0.29, 0.717) is 63.9 Å². The van der Waals surface area contributed by atoms with Gasteiger partial charge in [0.15, 0.2) is 0 Å². The minimum Gasteiger partial charge on any atom is -0.494 e. The smallest absolute Gasteiger partial charge is 0.249 e. The third-order valence-electron chi connectivity index (χ3n) is 9.78. The molecule has 0 radical (unpaired) electrons. The third kappa shape index (κ3) is 5.80. The minimum atomic E-state index is -1.33. The Morgan fingerprint density at radius 2 is 1.76 bits per heavy atom. The van der Waals surface area contributed by atoms with Gasteiger partial charge in [0.1, 0.15) is 17.4 Å². The van der Waals surface area contributed by atoms with Crippen molar-refractivity contribution in [2.24, 2.45) is 17.8 Å². The monoisotopic (exact) mass is 622 g/mol. The van der Waals surface area contributed by atoms with Crippen LogP contribution in [0.15, 0.2) is 48.6 Å². The van der Waals surface area contributed by atoms with Gasteiger partial charge in [0.25, 0.3) is 0 Å². The van der Waals surface area contributed by atoms with Crippen molar-refractivity contribution in [2.45, 2.75) is 51.0 Å². The summed E-state index contributed by atoms with van der Waals surface area (Å²) in [6, 6.07) is 5.79. The van der Waals surface area contributed by atoms with Gasteiger partial charge < -0.3 is 34.0 Å². The topological polar surface area (TPSA) is 112 Å². The fourth-order valence-electron chi connectivity index (χ4n) is 7.75. The van der Waals surface area contributed by atoms with Crippen LogP contribution in [0, 0.1) is 17.8 Å². The number of hydrogen-bond donors (Lipinski definition) is 1. The summed E-state index contributed by atoms with van der Waals surface area (Å²) in [5.41, 5.74) is -0.632. The number of amides is 3. The second kappa shape index (κ2) is 13.2. The van der Waals surface area contributed by atoms with Gasteiger partial charge in [-0.25, -0.2) is 0 Å². The highest BCUT2D eigenvalue weighted by Gasteiger charge is 2.72. The molecule has 6 rings (SSSR count). The number of aliphatic hydroxyl groups is 1. The van der Waals surface area contributed by atoms with Gasteiger partial charge in [-0.15, -0.1) is 0 Å². The molecule has 1 unspecified atom stereocenters.